The third-order valence-corrected chi connectivity index (χ3v) is 5.51. The van der Waals surface area contributed by atoms with Crippen molar-refractivity contribution < 1.29 is 4.79 Å². The highest BCUT2D eigenvalue weighted by molar-refractivity contribution is 6.31. The number of hydrogen-bond donors (Lipinski definition) is 1. The van der Waals surface area contributed by atoms with Gasteiger partial charge in [-0.25, -0.2) is 9.78 Å². The Morgan fingerprint density at radius 2 is 1.84 bits per heavy atom. The van der Waals surface area contributed by atoms with E-state index in [0.717, 1.165) is 0 Å². The van der Waals surface area contributed by atoms with E-state index in [0.29, 0.717) is 45.5 Å². The lowest BCUT2D eigenvalue weighted by molar-refractivity contribution is 0.180. The summed E-state index contributed by atoms with van der Waals surface area (Å²) in [5.74, 6) is 0.472. The predicted octanol–water partition coefficient (Wildman–Crippen LogP) is 4.40. The van der Waals surface area contributed by atoms with Gasteiger partial charge in [-0.05, 0) is 57.4 Å². The Morgan fingerprint density at radius 3 is 2.52 bits per heavy atom. The van der Waals surface area contributed by atoms with Crippen molar-refractivity contribution in [3.63, 3.8) is 0 Å². The van der Waals surface area contributed by atoms with Crippen LogP contribution in [-0.2, 0) is 7.05 Å². The molecule has 3 aromatic rings. The van der Waals surface area contributed by atoms with Crippen LogP contribution in [0.5, 0.6) is 0 Å². The molecule has 1 atom stereocenters. The molecule has 1 N–H and O–H groups in total. The first kappa shape index (κ1) is 23.1. The maximum absolute atomic E-state index is 13.2. The normalized spacial score (nSPS) is 12.2. The van der Waals surface area contributed by atoms with Crippen LogP contribution in [0.4, 0.5) is 10.5 Å². The van der Waals surface area contributed by atoms with Crippen LogP contribution in [-0.4, -0.2) is 52.6 Å². The van der Waals surface area contributed by atoms with E-state index in [-0.39, 0.29) is 11.6 Å². The number of nitrogens with one attached hydrogen (secondary N) is 1. The van der Waals surface area contributed by atoms with Gasteiger partial charge in [-0.2, -0.15) is 0 Å². The second kappa shape index (κ2) is 9.68. The van der Waals surface area contributed by atoms with Gasteiger partial charge in [-0.15, -0.1) is 0 Å². The molecule has 0 aliphatic carbocycles. The molecule has 0 fully saturated rings. The molecular formula is C22H25Cl2N5O2. The lowest BCUT2D eigenvalue weighted by Crippen LogP contribution is -2.42. The molecule has 0 spiro atoms. The molecule has 0 saturated carbocycles. The number of likely N-dealkylation sites (N-methyl/N-ethyl adjacent to an activating group) is 1. The maximum atomic E-state index is 13.2. The Balaban J connectivity index is 1.99. The average molecular weight is 462 g/mol. The second-order valence-electron chi connectivity index (χ2n) is 7.61. The molecule has 0 radical (unpaired) electrons. The third kappa shape index (κ3) is 5.36. The van der Waals surface area contributed by atoms with Gasteiger partial charge in [0.25, 0.3) is 5.56 Å². The van der Waals surface area contributed by atoms with E-state index < -0.39 is 6.04 Å². The number of benzene rings is 2. The van der Waals surface area contributed by atoms with Crippen LogP contribution < -0.4 is 10.9 Å². The summed E-state index contributed by atoms with van der Waals surface area (Å²) in [6, 6.07) is 11.2. The van der Waals surface area contributed by atoms with Crippen molar-refractivity contribution in [2.45, 2.75) is 13.0 Å². The van der Waals surface area contributed by atoms with E-state index in [1.165, 1.54) is 4.57 Å². The van der Waals surface area contributed by atoms with Crippen LogP contribution in [0.1, 0.15) is 18.8 Å². The molecule has 7 nitrogen and oxygen atoms in total. The van der Waals surface area contributed by atoms with E-state index in [2.05, 4.69) is 10.3 Å². The standard InChI is InChI=1S/C22H25Cl2N5O2/c1-14(20-26-19-13-16(24)8-9-18(19)21(30)28(20)4)29(11-10-27(2)3)22(31)25-17-7-5-6-15(23)12-17/h5-9,12-14H,10-11H2,1-4H3,(H,25,31). The highest BCUT2D eigenvalue weighted by Gasteiger charge is 2.25. The van der Waals surface area contributed by atoms with E-state index in [1.807, 2.05) is 25.9 Å². The smallest absolute Gasteiger partial charge is 0.313 e. The van der Waals surface area contributed by atoms with Crippen molar-refractivity contribution >= 4 is 45.8 Å². The Morgan fingerprint density at radius 1 is 1.13 bits per heavy atom. The van der Waals surface area contributed by atoms with Crippen molar-refractivity contribution in [2.24, 2.45) is 7.05 Å². The molecule has 0 aliphatic rings. The Kier molecular flexibility index (Phi) is 7.20. The van der Waals surface area contributed by atoms with Gasteiger partial charge in [0, 0.05) is 35.9 Å². The fourth-order valence-electron chi connectivity index (χ4n) is 3.31. The first-order valence-electron chi connectivity index (χ1n) is 9.81. The van der Waals surface area contributed by atoms with Crippen LogP contribution in [0.3, 0.4) is 0 Å². The number of anilines is 1. The molecule has 0 saturated heterocycles. The van der Waals surface area contributed by atoms with Gasteiger partial charge in [-0.1, -0.05) is 29.3 Å². The summed E-state index contributed by atoms with van der Waals surface area (Å²) in [6.45, 7) is 2.93. The molecule has 1 aromatic heterocycles. The molecule has 0 aliphatic heterocycles. The fourth-order valence-corrected chi connectivity index (χ4v) is 3.67. The summed E-state index contributed by atoms with van der Waals surface area (Å²) < 4.78 is 1.48. The van der Waals surface area contributed by atoms with Crippen LogP contribution in [0.25, 0.3) is 10.9 Å². The van der Waals surface area contributed by atoms with Gasteiger partial charge < -0.3 is 15.1 Å². The number of aromatic nitrogens is 2. The molecule has 1 unspecified atom stereocenters. The largest absolute Gasteiger partial charge is 0.322 e. The summed E-state index contributed by atoms with van der Waals surface area (Å²) >= 11 is 12.1. The van der Waals surface area contributed by atoms with Crippen LogP contribution in [0, 0.1) is 0 Å². The molecule has 164 valence electrons. The van der Waals surface area contributed by atoms with Crippen molar-refractivity contribution in [1.29, 1.82) is 0 Å². The van der Waals surface area contributed by atoms with Gasteiger partial charge >= 0.3 is 6.03 Å². The van der Waals surface area contributed by atoms with Crippen molar-refractivity contribution in [3.8, 4) is 0 Å². The number of amides is 2. The molecule has 0 bridgehead atoms. The first-order valence-corrected chi connectivity index (χ1v) is 10.6. The first-order chi connectivity index (χ1) is 14.7. The van der Waals surface area contributed by atoms with Crippen molar-refractivity contribution in [1.82, 2.24) is 19.4 Å². The summed E-state index contributed by atoms with van der Waals surface area (Å²) in [7, 11) is 5.53. The minimum atomic E-state index is -0.472. The van der Waals surface area contributed by atoms with Crippen LogP contribution in [0.15, 0.2) is 47.3 Å². The monoisotopic (exact) mass is 461 g/mol. The summed E-state index contributed by atoms with van der Waals surface area (Å²) in [5.41, 5.74) is 0.901. The number of rotatable bonds is 6. The van der Waals surface area contributed by atoms with E-state index in [4.69, 9.17) is 23.2 Å². The zero-order valence-electron chi connectivity index (χ0n) is 17.9. The summed E-state index contributed by atoms with van der Waals surface area (Å²) in [5, 5.41) is 4.39. The van der Waals surface area contributed by atoms with Gasteiger partial charge in [0.2, 0.25) is 0 Å². The quantitative estimate of drug-likeness (QED) is 0.590. The van der Waals surface area contributed by atoms with Crippen LogP contribution >= 0.6 is 23.2 Å². The number of urea groups is 1. The fraction of sp³-hybridized carbons (Fsp3) is 0.318. The molecule has 9 heteroatoms. The highest BCUT2D eigenvalue weighted by Crippen LogP contribution is 2.23. The second-order valence-corrected chi connectivity index (χ2v) is 8.48. The Labute approximate surface area is 191 Å². The molecule has 2 aromatic carbocycles. The van der Waals surface area contributed by atoms with E-state index in [9.17, 15) is 9.59 Å². The summed E-state index contributed by atoms with van der Waals surface area (Å²) in [6.07, 6.45) is 0. The Hall–Kier alpha value is -2.61. The number of carbonyl (C=O) groups excluding carboxylic acids is 1. The third-order valence-electron chi connectivity index (χ3n) is 5.04. The van der Waals surface area contributed by atoms with Crippen molar-refractivity contribution in [2.75, 3.05) is 32.5 Å². The Bertz CT molecular complexity index is 1160. The zero-order valence-corrected chi connectivity index (χ0v) is 19.4. The summed E-state index contributed by atoms with van der Waals surface area (Å²) in [4.78, 5) is 34.4. The number of fused-ring (bicyclic) bond motifs is 1. The molecule has 31 heavy (non-hydrogen) atoms. The predicted molar refractivity (Wildman–Crippen MR) is 126 cm³/mol. The average Bonchev–Trinajstić information content (AvgIpc) is 2.70. The molecule has 3 rings (SSSR count). The van der Waals surface area contributed by atoms with Gasteiger partial charge in [0.15, 0.2) is 0 Å². The van der Waals surface area contributed by atoms with Crippen molar-refractivity contribution in [3.05, 3.63) is 68.7 Å². The number of carbonyl (C=O) groups is 1. The lowest BCUT2D eigenvalue weighted by atomic mass is 10.2. The molecule has 2 amide bonds. The van der Waals surface area contributed by atoms with E-state index in [1.54, 1.807) is 54.4 Å². The van der Waals surface area contributed by atoms with Gasteiger partial charge in [0.1, 0.15) is 5.82 Å². The number of nitrogens with zero attached hydrogens (tertiary/aromatic N) is 4. The van der Waals surface area contributed by atoms with Gasteiger partial charge in [0.05, 0.1) is 16.9 Å². The molecule has 1 heterocycles. The van der Waals surface area contributed by atoms with Crippen LogP contribution in [0.2, 0.25) is 10.0 Å². The number of hydrogen-bond acceptors (Lipinski definition) is 4. The minimum Gasteiger partial charge on any atom is -0.313 e. The number of halogens is 2. The highest BCUT2D eigenvalue weighted by atomic mass is 35.5. The zero-order chi connectivity index (χ0) is 22.7. The lowest BCUT2D eigenvalue weighted by Gasteiger charge is -2.31. The van der Waals surface area contributed by atoms with Gasteiger partial charge in [-0.3, -0.25) is 9.36 Å². The molecular weight excluding hydrogens is 437 g/mol. The topological polar surface area (TPSA) is 70.5 Å². The van der Waals surface area contributed by atoms with E-state index >= 15 is 0 Å². The minimum absolute atomic E-state index is 0.189. The SMILES string of the molecule is CC(c1nc2cc(Cl)ccc2c(=O)n1C)N(CCN(C)C)C(=O)Nc1cccc(Cl)c1. The maximum Gasteiger partial charge on any atom is 0.322 e.